The zero-order valence-electron chi connectivity index (χ0n) is 17.6. The van der Waals surface area contributed by atoms with Gasteiger partial charge in [0.2, 0.25) is 5.91 Å². The Labute approximate surface area is 184 Å². The van der Waals surface area contributed by atoms with Crippen LogP contribution in [0.4, 0.5) is 0 Å². The van der Waals surface area contributed by atoms with E-state index in [4.69, 9.17) is 4.98 Å². The van der Waals surface area contributed by atoms with Gasteiger partial charge in [0, 0.05) is 31.6 Å². The van der Waals surface area contributed by atoms with E-state index in [1.165, 1.54) is 6.42 Å². The molecule has 1 amide bonds. The third kappa shape index (κ3) is 5.02. The molecule has 2 heterocycles. The molecule has 160 valence electrons. The monoisotopic (exact) mass is 426 g/mol. The number of hydrogen-bond acceptors (Lipinski definition) is 3. The predicted molar refractivity (Wildman–Crippen MR) is 124 cm³/mol. The first-order valence-corrected chi connectivity index (χ1v) is 10.7. The Hall–Kier alpha value is -2.37. The van der Waals surface area contributed by atoms with Crippen LogP contribution in [-0.4, -0.2) is 47.0 Å². The number of carbonyl (C=O) groups excluding carboxylic acids is 1. The predicted octanol–water partition coefficient (Wildman–Crippen LogP) is 4.23. The number of nitrogens with one attached hydrogen (secondary N) is 1. The molecular weight excluding hydrogens is 396 g/mol. The van der Waals surface area contributed by atoms with Crippen molar-refractivity contribution in [3.63, 3.8) is 0 Å². The minimum Gasteiger partial charge on any atom is -0.343 e. The van der Waals surface area contributed by atoms with Gasteiger partial charge in [-0.3, -0.25) is 9.36 Å². The zero-order chi connectivity index (χ0) is 20.1. The number of halogens is 1. The molecule has 1 aromatic heterocycles. The second-order valence-corrected chi connectivity index (χ2v) is 7.90. The number of para-hydroxylation sites is 3. The Morgan fingerprint density at radius 3 is 2.50 bits per heavy atom. The Morgan fingerprint density at radius 1 is 1.07 bits per heavy atom. The van der Waals surface area contributed by atoms with Gasteiger partial charge in [0.1, 0.15) is 5.82 Å². The molecule has 0 saturated carbocycles. The molecule has 3 aromatic rings. The van der Waals surface area contributed by atoms with Crippen molar-refractivity contribution >= 4 is 29.3 Å². The summed E-state index contributed by atoms with van der Waals surface area (Å²) in [5.74, 6) is 1.95. The lowest BCUT2D eigenvalue weighted by Crippen LogP contribution is -2.39. The number of benzene rings is 2. The molecule has 1 N–H and O–H groups in total. The summed E-state index contributed by atoms with van der Waals surface area (Å²) in [5, 5.41) is 3.23. The van der Waals surface area contributed by atoms with Crippen molar-refractivity contribution in [1.82, 2.24) is 19.8 Å². The molecule has 1 saturated heterocycles. The summed E-state index contributed by atoms with van der Waals surface area (Å²) < 4.78 is 2.19. The molecule has 2 aromatic carbocycles. The molecule has 4 rings (SSSR count). The van der Waals surface area contributed by atoms with Gasteiger partial charge in [0.15, 0.2) is 0 Å². The van der Waals surface area contributed by atoms with Crippen molar-refractivity contribution in [3.8, 4) is 5.69 Å². The standard InChI is InChI=1S/C24H30N4O.ClH/c1-25-16-13-19-14-17-27(18-15-19)24(29)12-11-23-26-21-9-5-6-10-22(21)28(23)20-7-3-2-4-8-20;/h2-10,19,25H,11-18H2,1H3;1H. The fourth-order valence-electron chi connectivity index (χ4n) is 4.31. The number of nitrogens with zero attached hydrogens (tertiary/aromatic N) is 3. The Balaban J connectivity index is 0.00000256. The summed E-state index contributed by atoms with van der Waals surface area (Å²) in [4.78, 5) is 19.7. The number of amides is 1. The van der Waals surface area contributed by atoms with Gasteiger partial charge in [0.25, 0.3) is 0 Å². The highest BCUT2D eigenvalue weighted by atomic mass is 35.5. The molecule has 0 aliphatic carbocycles. The zero-order valence-corrected chi connectivity index (χ0v) is 18.4. The summed E-state index contributed by atoms with van der Waals surface area (Å²) in [6.07, 6.45) is 4.62. The fourth-order valence-corrected chi connectivity index (χ4v) is 4.31. The first-order valence-electron chi connectivity index (χ1n) is 10.7. The van der Waals surface area contributed by atoms with Crippen molar-refractivity contribution in [2.75, 3.05) is 26.7 Å². The fraction of sp³-hybridized carbons (Fsp3) is 0.417. The van der Waals surface area contributed by atoms with Crippen molar-refractivity contribution in [2.24, 2.45) is 5.92 Å². The van der Waals surface area contributed by atoms with E-state index in [0.29, 0.717) is 12.8 Å². The maximum Gasteiger partial charge on any atom is 0.223 e. The molecular formula is C24H31ClN4O. The molecule has 1 aliphatic rings. The molecule has 6 heteroatoms. The second-order valence-electron chi connectivity index (χ2n) is 7.90. The van der Waals surface area contributed by atoms with E-state index >= 15 is 0 Å². The molecule has 30 heavy (non-hydrogen) atoms. The molecule has 1 fully saturated rings. The molecule has 1 aliphatic heterocycles. The largest absolute Gasteiger partial charge is 0.343 e. The van der Waals surface area contributed by atoms with Gasteiger partial charge in [-0.1, -0.05) is 30.3 Å². The van der Waals surface area contributed by atoms with Crippen molar-refractivity contribution < 1.29 is 4.79 Å². The number of piperidine rings is 1. The van der Waals surface area contributed by atoms with E-state index in [2.05, 4.69) is 28.1 Å². The number of likely N-dealkylation sites (tertiary alicyclic amines) is 1. The maximum absolute atomic E-state index is 12.8. The highest BCUT2D eigenvalue weighted by Crippen LogP contribution is 2.24. The highest BCUT2D eigenvalue weighted by molar-refractivity contribution is 5.85. The van der Waals surface area contributed by atoms with E-state index in [1.807, 2.05) is 48.3 Å². The number of hydrogen-bond donors (Lipinski definition) is 1. The minimum absolute atomic E-state index is 0. The van der Waals surface area contributed by atoms with Gasteiger partial charge in [-0.25, -0.2) is 4.98 Å². The highest BCUT2D eigenvalue weighted by Gasteiger charge is 2.23. The van der Waals surface area contributed by atoms with Crippen LogP contribution in [0.3, 0.4) is 0 Å². The Bertz CT molecular complexity index is 948. The molecule has 0 unspecified atom stereocenters. The van der Waals surface area contributed by atoms with Gasteiger partial charge in [-0.2, -0.15) is 0 Å². The first-order chi connectivity index (χ1) is 14.3. The van der Waals surface area contributed by atoms with Crippen LogP contribution in [0.1, 0.15) is 31.5 Å². The van der Waals surface area contributed by atoms with E-state index in [0.717, 1.165) is 60.9 Å². The molecule has 5 nitrogen and oxygen atoms in total. The van der Waals surface area contributed by atoms with Crippen LogP contribution in [0.5, 0.6) is 0 Å². The lowest BCUT2D eigenvalue weighted by Gasteiger charge is -2.32. The minimum atomic E-state index is 0. The van der Waals surface area contributed by atoms with Crippen LogP contribution in [0, 0.1) is 5.92 Å². The number of imidazole rings is 1. The van der Waals surface area contributed by atoms with E-state index in [9.17, 15) is 4.79 Å². The number of aromatic nitrogens is 2. The number of carbonyl (C=O) groups is 1. The Kier molecular flexibility index (Phi) is 7.88. The summed E-state index contributed by atoms with van der Waals surface area (Å²) in [5.41, 5.74) is 3.16. The number of aryl methyl sites for hydroxylation is 1. The van der Waals surface area contributed by atoms with Gasteiger partial charge in [-0.05, 0) is 63.0 Å². The van der Waals surface area contributed by atoms with Crippen LogP contribution < -0.4 is 5.32 Å². The van der Waals surface area contributed by atoms with E-state index < -0.39 is 0 Å². The van der Waals surface area contributed by atoms with Gasteiger partial charge >= 0.3 is 0 Å². The normalized spacial score (nSPS) is 14.6. The SMILES string of the molecule is CNCCC1CCN(C(=O)CCc2nc3ccccc3n2-c2ccccc2)CC1.Cl. The summed E-state index contributed by atoms with van der Waals surface area (Å²) in [7, 11) is 2.00. The van der Waals surface area contributed by atoms with Gasteiger partial charge in [-0.15, -0.1) is 12.4 Å². The van der Waals surface area contributed by atoms with Crippen molar-refractivity contribution in [2.45, 2.75) is 32.1 Å². The average Bonchev–Trinajstić information content (AvgIpc) is 3.15. The Morgan fingerprint density at radius 2 is 1.77 bits per heavy atom. The second kappa shape index (κ2) is 10.6. The quantitative estimate of drug-likeness (QED) is 0.615. The summed E-state index contributed by atoms with van der Waals surface area (Å²) in [6.45, 7) is 2.85. The van der Waals surface area contributed by atoms with Crippen LogP contribution in [0.25, 0.3) is 16.7 Å². The first kappa shape index (κ1) is 22.3. The number of fused-ring (bicyclic) bond motifs is 1. The van der Waals surface area contributed by atoms with Gasteiger partial charge < -0.3 is 10.2 Å². The van der Waals surface area contributed by atoms with Crippen molar-refractivity contribution in [3.05, 3.63) is 60.4 Å². The van der Waals surface area contributed by atoms with Gasteiger partial charge in [0.05, 0.1) is 11.0 Å². The lowest BCUT2D eigenvalue weighted by molar-refractivity contribution is -0.132. The van der Waals surface area contributed by atoms with E-state index in [-0.39, 0.29) is 18.3 Å². The number of rotatable bonds is 7. The van der Waals surface area contributed by atoms with Crippen LogP contribution in [0.15, 0.2) is 54.6 Å². The maximum atomic E-state index is 12.8. The summed E-state index contributed by atoms with van der Waals surface area (Å²) in [6, 6.07) is 18.5. The summed E-state index contributed by atoms with van der Waals surface area (Å²) >= 11 is 0. The third-order valence-corrected chi connectivity index (χ3v) is 5.98. The third-order valence-electron chi connectivity index (χ3n) is 5.98. The molecule has 0 bridgehead atoms. The molecule has 0 spiro atoms. The van der Waals surface area contributed by atoms with Crippen LogP contribution in [0.2, 0.25) is 0 Å². The van der Waals surface area contributed by atoms with Crippen molar-refractivity contribution in [1.29, 1.82) is 0 Å². The van der Waals surface area contributed by atoms with E-state index in [1.54, 1.807) is 0 Å². The van der Waals surface area contributed by atoms with Crippen LogP contribution >= 0.6 is 12.4 Å². The smallest absolute Gasteiger partial charge is 0.223 e. The lowest BCUT2D eigenvalue weighted by atomic mass is 9.93. The molecule has 0 radical (unpaired) electrons. The molecule has 0 atom stereocenters. The average molecular weight is 427 g/mol. The topological polar surface area (TPSA) is 50.2 Å². The van der Waals surface area contributed by atoms with Crippen LogP contribution in [-0.2, 0) is 11.2 Å².